The SMILES string of the molecule is COc1ccc(CN(C(=O)c2c(Oc3ccc(C)cc3C)cc(=O)n(C)c2NC=O)c2ccc(C)cc2F)cc1. The number of pyridine rings is 1. The standard InChI is InChI=1S/C31H30FN3O5/c1-19-7-13-26(21(3)14-19)40-27-16-28(37)34(4)30(33-18-36)29(27)31(38)35(25-12-6-20(2)15-24(25)32)17-22-8-10-23(39-5)11-9-22/h6-16,18H,17H2,1-5H3,(H,33,36). The molecule has 0 aliphatic carbocycles. The van der Waals surface area contributed by atoms with Crippen molar-refractivity contribution in [1.82, 2.24) is 4.57 Å². The van der Waals surface area contributed by atoms with Crippen LogP contribution in [0.25, 0.3) is 0 Å². The van der Waals surface area contributed by atoms with E-state index in [-0.39, 0.29) is 29.4 Å². The van der Waals surface area contributed by atoms with E-state index in [0.717, 1.165) is 15.7 Å². The minimum absolute atomic E-state index is 0.0187. The molecule has 4 aromatic rings. The van der Waals surface area contributed by atoms with E-state index < -0.39 is 17.3 Å². The smallest absolute Gasteiger partial charge is 0.266 e. The lowest BCUT2D eigenvalue weighted by atomic mass is 10.1. The summed E-state index contributed by atoms with van der Waals surface area (Å²) in [5, 5.41) is 2.47. The van der Waals surface area contributed by atoms with Crippen LogP contribution in [-0.2, 0) is 18.4 Å². The molecule has 0 saturated carbocycles. The monoisotopic (exact) mass is 543 g/mol. The van der Waals surface area contributed by atoms with Gasteiger partial charge in [0.25, 0.3) is 11.5 Å². The first kappa shape index (κ1) is 28.1. The molecule has 2 amide bonds. The molecular weight excluding hydrogens is 513 g/mol. The Morgan fingerprint density at radius 1 is 0.975 bits per heavy atom. The zero-order valence-corrected chi connectivity index (χ0v) is 22.9. The van der Waals surface area contributed by atoms with E-state index in [1.165, 1.54) is 30.1 Å². The predicted molar refractivity (Wildman–Crippen MR) is 152 cm³/mol. The van der Waals surface area contributed by atoms with Gasteiger partial charge in [-0.1, -0.05) is 35.9 Å². The molecule has 1 aromatic heterocycles. The van der Waals surface area contributed by atoms with Crippen molar-refractivity contribution in [2.24, 2.45) is 7.05 Å². The number of nitrogens with one attached hydrogen (secondary N) is 1. The number of anilines is 2. The van der Waals surface area contributed by atoms with Gasteiger partial charge in [-0.05, 0) is 67.8 Å². The highest BCUT2D eigenvalue weighted by atomic mass is 19.1. The van der Waals surface area contributed by atoms with E-state index in [1.54, 1.807) is 50.4 Å². The lowest BCUT2D eigenvalue weighted by Crippen LogP contribution is -2.34. The van der Waals surface area contributed by atoms with Gasteiger partial charge in [0.2, 0.25) is 6.41 Å². The van der Waals surface area contributed by atoms with Gasteiger partial charge in [-0.25, -0.2) is 4.39 Å². The lowest BCUT2D eigenvalue weighted by Gasteiger charge is -2.26. The maximum Gasteiger partial charge on any atom is 0.266 e. The Hall–Kier alpha value is -4.92. The Bertz CT molecular complexity index is 1630. The van der Waals surface area contributed by atoms with Crippen molar-refractivity contribution in [1.29, 1.82) is 0 Å². The summed E-state index contributed by atoms with van der Waals surface area (Å²) in [6.07, 6.45) is 0.368. The fraction of sp³-hybridized carbons (Fsp3) is 0.194. The summed E-state index contributed by atoms with van der Waals surface area (Å²) in [5.74, 6) is -0.390. The van der Waals surface area contributed by atoms with Gasteiger partial charge in [0, 0.05) is 13.1 Å². The van der Waals surface area contributed by atoms with Crippen molar-refractivity contribution < 1.29 is 23.5 Å². The van der Waals surface area contributed by atoms with E-state index in [2.05, 4.69) is 5.32 Å². The molecule has 8 nitrogen and oxygen atoms in total. The maximum atomic E-state index is 15.4. The molecule has 1 N–H and O–H groups in total. The molecule has 40 heavy (non-hydrogen) atoms. The fourth-order valence-corrected chi connectivity index (χ4v) is 4.37. The molecule has 0 fully saturated rings. The van der Waals surface area contributed by atoms with Crippen LogP contribution in [0.4, 0.5) is 15.9 Å². The molecule has 1 heterocycles. The molecule has 0 bridgehead atoms. The second-order valence-electron chi connectivity index (χ2n) is 9.46. The molecule has 206 valence electrons. The molecule has 0 atom stereocenters. The topological polar surface area (TPSA) is 89.9 Å². The van der Waals surface area contributed by atoms with Gasteiger partial charge in [-0.2, -0.15) is 0 Å². The van der Waals surface area contributed by atoms with Crippen molar-refractivity contribution in [3.63, 3.8) is 0 Å². The second-order valence-corrected chi connectivity index (χ2v) is 9.46. The first-order valence-corrected chi connectivity index (χ1v) is 12.5. The Balaban J connectivity index is 1.92. The van der Waals surface area contributed by atoms with Gasteiger partial charge in [0.15, 0.2) is 0 Å². The number of benzene rings is 3. The third kappa shape index (κ3) is 5.88. The van der Waals surface area contributed by atoms with Crippen LogP contribution < -0.4 is 25.2 Å². The molecule has 9 heteroatoms. The van der Waals surface area contributed by atoms with Crippen molar-refractivity contribution in [3.8, 4) is 17.2 Å². The summed E-state index contributed by atoms with van der Waals surface area (Å²) in [7, 11) is 2.97. The van der Waals surface area contributed by atoms with E-state index in [9.17, 15) is 14.4 Å². The normalized spacial score (nSPS) is 10.7. The van der Waals surface area contributed by atoms with E-state index in [4.69, 9.17) is 9.47 Å². The molecule has 0 radical (unpaired) electrons. The number of hydrogen-bond donors (Lipinski definition) is 1. The summed E-state index contributed by atoms with van der Waals surface area (Å²) >= 11 is 0. The largest absolute Gasteiger partial charge is 0.497 e. The number of hydrogen-bond acceptors (Lipinski definition) is 5. The minimum atomic E-state index is -0.682. The highest BCUT2D eigenvalue weighted by Crippen LogP contribution is 2.34. The van der Waals surface area contributed by atoms with Gasteiger partial charge in [0.05, 0.1) is 19.3 Å². The number of aromatic nitrogens is 1. The number of methoxy groups -OCH3 is 1. The van der Waals surface area contributed by atoms with Crippen LogP contribution in [0, 0.1) is 26.6 Å². The quantitative estimate of drug-likeness (QED) is 0.275. The van der Waals surface area contributed by atoms with Crippen LogP contribution >= 0.6 is 0 Å². The highest BCUT2D eigenvalue weighted by molar-refractivity contribution is 6.12. The number of rotatable bonds is 9. The average molecular weight is 544 g/mol. The molecular formula is C31H30FN3O5. The van der Waals surface area contributed by atoms with Crippen molar-refractivity contribution in [2.45, 2.75) is 27.3 Å². The number of amides is 2. The molecule has 0 spiro atoms. The number of carbonyl (C=O) groups excluding carboxylic acids is 2. The number of ether oxygens (including phenoxy) is 2. The molecule has 3 aromatic carbocycles. The zero-order chi connectivity index (χ0) is 29.0. The van der Waals surface area contributed by atoms with E-state index in [0.29, 0.717) is 29.0 Å². The van der Waals surface area contributed by atoms with Crippen LogP contribution in [-0.4, -0.2) is 24.0 Å². The number of carbonyl (C=O) groups is 2. The van der Waals surface area contributed by atoms with Crippen molar-refractivity contribution in [2.75, 3.05) is 17.3 Å². The molecule has 4 rings (SSSR count). The Morgan fingerprint density at radius 2 is 1.65 bits per heavy atom. The third-order valence-electron chi connectivity index (χ3n) is 6.50. The number of halogens is 1. The van der Waals surface area contributed by atoms with Crippen molar-refractivity contribution >= 4 is 23.8 Å². The van der Waals surface area contributed by atoms with Crippen LogP contribution in [0.15, 0.2) is 71.5 Å². The summed E-state index contributed by atoms with van der Waals surface area (Å²) in [6.45, 7) is 5.50. The average Bonchev–Trinajstić information content (AvgIpc) is 2.92. The van der Waals surface area contributed by atoms with Crippen LogP contribution in [0.5, 0.6) is 17.2 Å². The van der Waals surface area contributed by atoms with Gasteiger partial charge in [-0.3, -0.25) is 19.0 Å². The Labute approximate surface area is 231 Å². The first-order valence-electron chi connectivity index (χ1n) is 12.5. The summed E-state index contributed by atoms with van der Waals surface area (Å²) in [6, 6.07) is 18.2. The second kappa shape index (κ2) is 11.9. The van der Waals surface area contributed by atoms with Crippen LogP contribution in [0.2, 0.25) is 0 Å². The number of aryl methyl sites for hydroxylation is 3. The first-order chi connectivity index (χ1) is 19.1. The molecule has 0 saturated heterocycles. The van der Waals surface area contributed by atoms with Gasteiger partial charge >= 0.3 is 0 Å². The minimum Gasteiger partial charge on any atom is -0.497 e. The van der Waals surface area contributed by atoms with Gasteiger partial charge < -0.3 is 19.7 Å². The van der Waals surface area contributed by atoms with Gasteiger partial charge in [0.1, 0.15) is 34.4 Å². The fourth-order valence-electron chi connectivity index (χ4n) is 4.37. The molecule has 0 aliphatic heterocycles. The van der Waals surface area contributed by atoms with Crippen LogP contribution in [0.1, 0.15) is 32.6 Å². The lowest BCUT2D eigenvalue weighted by molar-refractivity contribution is -0.105. The van der Waals surface area contributed by atoms with Gasteiger partial charge in [-0.15, -0.1) is 0 Å². The molecule has 0 aliphatic rings. The van der Waals surface area contributed by atoms with Crippen molar-refractivity contribution in [3.05, 3.63) is 111 Å². The number of nitrogens with zero attached hydrogens (tertiary/aromatic N) is 2. The predicted octanol–water partition coefficient (Wildman–Crippen LogP) is 5.67. The Kier molecular flexibility index (Phi) is 8.33. The van der Waals surface area contributed by atoms with E-state index >= 15 is 4.39 Å². The summed E-state index contributed by atoms with van der Waals surface area (Å²) in [5.41, 5.74) is 2.57. The van der Waals surface area contributed by atoms with Crippen LogP contribution in [0.3, 0.4) is 0 Å². The third-order valence-corrected chi connectivity index (χ3v) is 6.50. The highest BCUT2D eigenvalue weighted by Gasteiger charge is 2.29. The maximum absolute atomic E-state index is 15.4. The molecule has 0 unspecified atom stereocenters. The summed E-state index contributed by atoms with van der Waals surface area (Å²) < 4.78 is 27.9. The van der Waals surface area contributed by atoms with E-state index in [1.807, 2.05) is 26.0 Å². The summed E-state index contributed by atoms with van der Waals surface area (Å²) in [4.78, 5) is 40.1. The zero-order valence-electron chi connectivity index (χ0n) is 22.9. The Morgan fingerprint density at radius 3 is 2.27 bits per heavy atom.